The maximum atomic E-state index is 12.8. The van der Waals surface area contributed by atoms with E-state index < -0.39 is 0 Å². The number of aromatic nitrogens is 1. The molecule has 7 nitrogen and oxygen atoms in total. The lowest BCUT2D eigenvalue weighted by Gasteiger charge is -2.35. The average molecular weight is 389 g/mol. The first kappa shape index (κ1) is 20.4. The van der Waals surface area contributed by atoms with Gasteiger partial charge in [-0.25, -0.2) is 4.79 Å². The molecule has 1 aromatic rings. The van der Waals surface area contributed by atoms with Gasteiger partial charge < -0.3 is 19.9 Å². The zero-order valence-electron chi connectivity index (χ0n) is 17.4. The molecule has 28 heavy (non-hydrogen) atoms. The smallest absolute Gasteiger partial charge is 0.318 e. The highest BCUT2D eigenvalue weighted by Gasteiger charge is 2.45. The lowest BCUT2D eigenvalue weighted by atomic mass is 9.92. The molecule has 2 fully saturated rings. The van der Waals surface area contributed by atoms with Gasteiger partial charge in [-0.05, 0) is 30.7 Å². The Bertz CT molecular complexity index is 716. The Labute approximate surface area is 167 Å². The summed E-state index contributed by atoms with van der Waals surface area (Å²) in [5.74, 6) is 0.812. The molecular formula is C21H32N4O3. The third kappa shape index (κ3) is 4.75. The van der Waals surface area contributed by atoms with Gasteiger partial charge in [-0.2, -0.15) is 0 Å². The van der Waals surface area contributed by atoms with E-state index in [1.165, 1.54) is 0 Å². The molecule has 154 valence electrons. The fourth-order valence-corrected chi connectivity index (χ4v) is 3.90. The minimum absolute atomic E-state index is 0.0220. The molecule has 2 aliphatic rings. The summed E-state index contributed by atoms with van der Waals surface area (Å²) >= 11 is 0. The monoisotopic (exact) mass is 388 g/mol. The maximum absolute atomic E-state index is 12.8. The molecule has 0 spiro atoms. The Morgan fingerprint density at radius 3 is 2.93 bits per heavy atom. The number of hydrogen-bond acceptors (Lipinski definition) is 4. The number of carbonyl (C=O) groups is 2. The Hall–Kier alpha value is -2.31. The number of nitrogens with zero attached hydrogens (tertiary/aromatic N) is 3. The van der Waals surface area contributed by atoms with Crippen LogP contribution in [0.2, 0.25) is 0 Å². The molecule has 3 amide bonds. The molecule has 2 saturated heterocycles. The predicted octanol–water partition coefficient (Wildman–Crippen LogP) is 2.66. The van der Waals surface area contributed by atoms with Crippen LogP contribution < -0.4 is 10.1 Å². The maximum Gasteiger partial charge on any atom is 0.318 e. The first-order valence-corrected chi connectivity index (χ1v) is 10.1. The van der Waals surface area contributed by atoms with Crippen molar-refractivity contribution in [3.8, 4) is 5.75 Å². The number of likely N-dealkylation sites (tertiary alicyclic amines) is 2. The second-order valence-corrected chi connectivity index (χ2v) is 9.03. The van der Waals surface area contributed by atoms with Gasteiger partial charge in [0.15, 0.2) is 0 Å². The lowest BCUT2D eigenvalue weighted by molar-refractivity contribution is -0.130. The van der Waals surface area contributed by atoms with Crippen LogP contribution in [-0.4, -0.2) is 59.5 Å². The number of pyridine rings is 1. The van der Waals surface area contributed by atoms with E-state index in [-0.39, 0.29) is 29.3 Å². The number of likely N-dealkylation sites (N-methyl/N-ethyl adjacent to an activating group) is 1. The van der Waals surface area contributed by atoms with Crippen molar-refractivity contribution in [1.29, 1.82) is 0 Å². The molecule has 0 unspecified atom stereocenters. The van der Waals surface area contributed by atoms with Gasteiger partial charge >= 0.3 is 6.03 Å². The quantitative estimate of drug-likeness (QED) is 0.841. The van der Waals surface area contributed by atoms with Crippen LogP contribution in [-0.2, 0) is 11.3 Å². The molecular weight excluding hydrogens is 356 g/mol. The molecule has 0 saturated carbocycles. The lowest BCUT2D eigenvalue weighted by Crippen LogP contribution is -2.52. The van der Waals surface area contributed by atoms with Crippen LogP contribution in [0.25, 0.3) is 0 Å². The van der Waals surface area contributed by atoms with Crippen LogP contribution in [0.1, 0.15) is 45.6 Å². The number of nitrogens with one attached hydrogen (secondary N) is 1. The Morgan fingerprint density at radius 1 is 1.39 bits per heavy atom. The fraction of sp³-hybridized carbons (Fsp3) is 0.667. The van der Waals surface area contributed by atoms with Crippen molar-refractivity contribution < 1.29 is 14.3 Å². The first-order chi connectivity index (χ1) is 13.3. The number of urea groups is 1. The fourth-order valence-electron chi connectivity index (χ4n) is 3.90. The molecule has 0 aromatic carbocycles. The van der Waals surface area contributed by atoms with Crippen molar-refractivity contribution >= 4 is 11.9 Å². The third-order valence-electron chi connectivity index (χ3n) is 5.60. The summed E-state index contributed by atoms with van der Waals surface area (Å²) in [5.41, 5.74) is 1.11. The van der Waals surface area contributed by atoms with E-state index in [1.54, 1.807) is 17.3 Å². The second kappa shape index (κ2) is 8.37. The van der Waals surface area contributed by atoms with Crippen LogP contribution in [0.15, 0.2) is 18.5 Å². The Kier molecular flexibility index (Phi) is 6.10. The van der Waals surface area contributed by atoms with E-state index in [4.69, 9.17) is 4.74 Å². The highest BCUT2D eigenvalue weighted by molar-refractivity contribution is 5.84. The number of hydrogen-bond donors (Lipinski definition) is 1. The average Bonchev–Trinajstić information content (AvgIpc) is 2.94. The van der Waals surface area contributed by atoms with Gasteiger partial charge in [-0.1, -0.05) is 20.8 Å². The normalized spacial score (nSPS) is 22.2. The highest BCUT2D eigenvalue weighted by atomic mass is 16.5. The van der Waals surface area contributed by atoms with Crippen LogP contribution in [0, 0.1) is 11.3 Å². The minimum atomic E-state index is -0.116. The van der Waals surface area contributed by atoms with Gasteiger partial charge in [0.25, 0.3) is 0 Å². The summed E-state index contributed by atoms with van der Waals surface area (Å²) in [7, 11) is 1.81. The largest absolute Gasteiger partial charge is 0.492 e. The molecule has 3 heterocycles. The Balaban J connectivity index is 1.58. The van der Waals surface area contributed by atoms with Crippen LogP contribution in [0.5, 0.6) is 5.75 Å². The number of carbonyl (C=O) groups excluding carboxylic acids is 2. The van der Waals surface area contributed by atoms with Gasteiger partial charge in [0, 0.05) is 38.4 Å². The second-order valence-electron chi connectivity index (χ2n) is 9.03. The minimum Gasteiger partial charge on any atom is -0.492 e. The Morgan fingerprint density at radius 2 is 2.18 bits per heavy atom. The number of fused-ring (bicyclic) bond motifs is 1. The van der Waals surface area contributed by atoms with E-state index in [0.717, 1.165) is 24.8 Å². The highest BCUT2D eigenvalue weighted by Crippen LogP contribution is 2.31. The summed E-state index contributed by atoms with van der Waals surface area (Å²) in [6.07, 6.45) is 6.08. The van der Waals surface area contributed by atoms with Crippen molar-refractivity contribution in [2.24, 2.45) is 11.3 Å². The summed E-state index contributed by atoms with van der Waals surface area (Å²) in [6.45, 7) is 8.84. The molecule has 1 N–H and O–H groups in total. The summed E-state index contributed by atoms with van der Waals surface area (Å²) in [4.78, 5) is 32.8. The molecule has 7 heteroatoms. The van der Waals surface area contributed by atoms with Gasteiger partial charge in [0.2, 0.25) is 5.91 Å². The van der Waals surface area contributed by atoms with Crippen molar-refractivity contribution in [2.75, 3.05) is 26.7 Å². The predicted molar refractivity (Wildman–Crippen MR) is 107 cm³/mol. The summed E-state index contributed by atoms with van der Waals surface area (Å²) in [6, 6.07) is 1.74. The SMILES string of the molecule is CN1C[C@@H]2[C@@H](CCCN2C(=O)NCc2ccncc2OCCC(C)(C)C)C1=O. The molecule has 1 aromatic heterocycles. The molecule has 0 radical (unpaired) electrons. The zero-order chi connectivity index (χ0) is 20.3. The van der Waals surface area contributed by atoms with Crippen molar-refractivity contribution in [3.05, 3.63) is 24.0 Å². The van der Waals surface area contributed by atoms with Crippen molar-refractivity contribution in [2.45, 2.75) is 52.6 Å². The number of piperidine rings is 1. The van der Waals surface area contributed by atoms with E-state index in [9.17, 15) is 9.59 Å². The first-order valence-electron chi connectivity index (χ1n) is 10.1. The number of rotatable bonds is 5. The third-order valence-corrected chi connectivity index (χ3v) is 5.60. The van der Waals surface area contributed by atoms with E-state index >= 15 is 0 Å². The number of ether oxygens (including phenoxy) is 1. The molecule has 3 rings (SSSR count). The van der Waals surface area contributed by atoms with Gasteiger partial charge in [-0.15, -0.1) is 0 Å². The standard InChI is InChI=1S/C21H32N4O3/c1-21(2,3)8-11-28-18-13-22-9-7-15(18)12-23-20(27)25-10-5-6-16-17(25)14-24(4)19(16)26/h7,9,13,16-17H,5-6,8,10-12,14H2,1-4H3,(H,23,27)/t16-,17-/m1/s1. The molecule has 2 atom stereocenters. The molecule has 0 bridgehead atoms. The van der Waals surface area contributed by atoms with Gasteiger partial charge in [-0.3, -0.25) is 9.78 Å². The molecule has 2 aliphatic heterocycles. The molecule has 0 aliphatic carbocycles. The van der Waals surface area contributed by atoms with Crippen LogP contribution in [0.4, 0.5) is 4.79 Å². The van der Waals surface area contributed by atoms with Crippen LogP contribution in [0.3, 0.4) is 0 Å². The van der Waals surface area contributed by atoms with Gasteiger partial charge in [0.05, 0.1) is 24.8 Å². The van der Waals surface area contributed by atoms with Crippen molar-refractivity contribution in [3.63, 3.8) is 0 Å². The van der Waals surface area contributed by atoms with Gasteiger partial charge in [0.1, 0.15) is 5.75 Å². The topological polar surface area (TPSA) is 74.8 Å². The van der Waals surface area contributed by atoms with Crippen LogP contribution >= 0.6 is 0 Å². The van der Waals surface area contributed by atoms with E-state index in [2.05, 4.69) is 31.1 Å². The zero-order valence-corrected chi connectivity index (χ0v) is 17.4. The van der Waals surface area contributed by atoms with E-state index in [1.807, 2.05) is 18.0 Å². The summed E-state index contributed by atoms with van der Waals surface area (Å²) in [5, 5.41) is 3.01. The summed E-state index contributed by atoms with van der Waals surface area (Å²) < 4.78 is 5.91. The van der Waals surface area contributed by atoms with E-state index in [0.29, 0.717) is 32.0 Å². The number of amides is 3. The van der Waals surface area contributed by atoms with Crippen molar-refractivity contribution in [1.82, 2.24) is 20.1 Å².